The van der Waals surface area contributed by atoms with Crippen LogP contribution in [-0.2, 0) is 6.54 Å². The van der Waals surface area contributed by atoms with Crippen molar-refractivity contribution in [2.24, 2.45) is 0 Å². The lowest BCUT2D eigenvalue weighted by Gasteiger charge is -2.33. The van der Waals surface area contributed by atoms with Gasteiger partial charge in [0.2, 0.25) is 0 Å². The highest BCUT2D eigenvalue weighted by molar-refractivity contribution is 5.63. The number of pyridine rings is 1. The molecule has 4 heterocycles. The van der Waals surface area contributed by atoms with E-state index in [2.05, 4.69) is 67.4 Å². The molecule has 6 heteroatoms. The summed E-state index contributed by atoms with van der Waals surface area (Å²) in [6.07, 6.45) is 7.65. The molecule has 0 amide bonds. The van der Waals surface area contributed by atoms with Gasteiger partial charge < -0.3 is 0 Å². The van der Waals surface area contributed by atoms with Gasteiger partial charge in [-0.1, -0.05) is 45.9 Å². The number of rotatable bonds is 4. The van der Waals surface area contributed by atoms with Gasteiger partial charge >= 0.3 is 0 Å². The molecule has 1 aliphatic heterocycles. The number of nitrogens with zero attached hydrogens (tertiary/aromatic N) is 6. The minimum Gasteiger partial charge on any atom is -0.298 e. The Bertz CT molecular complexity index is 1120. The monoisotopic (exact) mass is 444 g/mol. The molecule has 0 saturated carbocycles. The van der Waals surface area contributed by atoms with Crippen LogP contribution in [0.15, 0.2) is 61.2 Å². The molecular formula is C27H36N6. The fourth-order valence-corrected chi connectivity index (χ4v) is 4.34. The molecule has 5 rings (SSSR count). The molecule has 33 heavy (non-hydrogen) atoms. The molecule has 0 N–H and O–H groups in total. The lowest BCUT2D eigenvalue weighted by atomic mass is 9.93. The first kappa shape index (κ1) is 24.5. The molecule has 1 saturated heterocycles. The third-order valence-electron chi connectivity index (χ3n) is 5.68. The average molecular weight is 445 g/mol. The number of hydrogen-bond donors (Lipinski definition) is 0. The van der Waals surface area contributed by atoms with Gasteiger partial charge in [0, 0.05) is 37.1 Å². The molecule has 0 bridgehead atoms. The normalized spacial score (nSPS) is 15.8. The number of likely N-dealkylation sites (tertiary alicyclic amines) is 1. The molecule has 1 aromatic carbocycles. The molecule has 3 aromatic heterocycles. The summed E-state index contributed by atoms with van der Waals surface area (Å²) in [5.74, 6) is 1.14. The van der Waals surface area contributed by atoms with Crippen LogP contribution in [0.25, 0.3) is 16.9 Å². The van der Waals surface area contributed by atoms with Crippen molar-refractivity contribution < 1.29 is 0 Å². The van der Waals surface area contributed by atoms with Crippen LogP contribution >= 0.6 is 0 Å². The number of piperidine rings is 1. The lowest BCUT2D eigenvalue weighted by Crippen LogP contribution is -2.34. The molecule has 0 spiro atoms. The summed E-state index contributed by atoms with van der Waals surface area (Å²) in [6, 6.07) is 15.1. The number of benzene rings is 1. The van der Waals surface area contributed by atoms with E-state index >= 15 is 0 Å². The maximum Gasteiger partial charge on any atom is 0.252 e. The Morgan fingerprint density at radius 3 is 2.55 bits per heavy atom. The minimum atomic E-state index is 0.443. The highest BCUT2D eigenvalue weighted by Crippen LogP contribution is 2.29. The van der Waals surface area contributed by atoms with Crippen molar-refractivity contribution in [1.29, 1.82) is 0 Å². The van der Waals surface area contributed by atoms with Gasteiger partial charge in [-0.25, -0.2) is 9.50 Å². The predicted molar refractivity (Wildman–Crippen MR) is 135 cm³/mol. The van der Waals surface area contributed by atoms with Crippen LogP contribution in [-0.4, -0.2) is 42.6 Å². The molecule has 1 aliphatic rings. The van der Waals surface area contributed by atoms with Crippen LogP contribution in [0.3, 0.4) is 0 Å². The number of aromatic nitrogens is 5. The first-order valence-corrected chi connectivity index (χ1v) is 12.2. The first-order chi connectivity index (χ1) is 16.3. The van der Waals surface area contributed by atoms with Crippen molar-refractivity contribution in [1.82, 2.24) is 29.5 Å². The van der Waals surface area contributed by atoms with Gasteiger partial charge in [-0.05, 0) is 67.3 Å². The van der Waals surface area contributed by atoms with E-state index in [-0.39, 0.29) is 0 Å². The van der Waals surface area contributed by atoms with Crippen molar-refractivity contribution in [3.63, 3.8) is 0 Å². The van der Waals surface area contributed by atoms with Crippen molar-refractivity contribution in [3.05, 3.63) is 78.1 Å². The van der Waals surface area contributed by atoms with Gasteiger partial charge in [0.15, 0.2) is 0 Å². The second-order valence-electron chi connectivity index (χ2n) is 7.80. The topological polar surface area (TPSA) is 59.2 Å². The zero-order valence-electron chi connectivity index (χ0n) is 20.6. The van der Waals surface area contributed by atoms with E-state index in [9.17, 15) is 0 Å². The van der Waals surface area contributed by atoms with E-state index < -0.39 is 0 Å². The number of fused-ring (bicyclic) bond motifs is 1. The van der Waals surface area contributed by atoms with E-state index in [0.717, 1.165) is 25.3 Å². The van der Waals surface area contributed by atoms with Crippen LogP contribution in [0.5, 0.6) is 0 Å². The SMILES string of the molecule is CC.CC.Cc1cc(C2CCCN(Cc3cccc(-c4ccncc4)c3)C2)n2ncnc2n1. The largest absolute Gasteiger partial charge is 0.298 e. The van der Waals surface area contributed by atoms with Crippen LogP contribution in [0, 0.1) is 6.92 Å². The molecular weight excluding hydrogens is 408 g/mol. The van der Waals surface area contributed by atoms with Crippen LogP contribution in [0.2, 0.25) is 0 Å². The summed E-state index contributed by atoms with van der Waals surface area (Å²) in [4.78, 5) is 15.4. The Balaban J connectivity index is 0.000000728. The van der Waals surface area contributed by atoms with Crippen LogP contribution < -0.4 is 0 Å². The van der Waals surface area contributed by atoms with E-state index in [4.69, 9.17) is 0 Å². The molecule has 6 nitrogen and oxygen atoms in total. The summed E-state index contributed by atoms with van der Waals surface area (Å²) in [5, 5.41) is 4.41. The smallest absolute Gasteiger partial charge is 0.252 e. The molecule has 1 fully saturated rings. The zero-order chi connectivity index (χ0) is 23.6. The lowest BCUT2D eigenvalue weighted by molar-refractivity contribution is 0.197. The average Bonchev–Trinajstić information content (AvgIpc) is 3.35. The van der Waals surface area contributed by atoms with E-state index in [1.54, 1.807) is 6.33 Å². The molecule has 1 atom stereocenters. The summed E-state index contributed by atoms with van der Waals surface area (Å²) in [5.41, 5.74) is 6.02. The predicted octanol–water partition coefficient (Wildman–Crippen LogP) is 5.93. The van der Waals surface area contributed by atoms with E-state index in [1.807, 2.05) is 51.5 Å². The maximum atomic E-state index is 4.49. The highest BCUT2D eigenvalue weighted by atomic mass is 15.3. The van der Waals surface area contributed by atoms with Gasteiger partial charge in [-0.2, -0.15) is 10.1 Å². The Kier molecular flexibility index (Phi) is 9.07. The van der Waals surface area contributed by atoms with Crippen molar-refractivity contribution >= 4 is 5.78 Å². The van der Waals surface area contributed by atoms with Crippen LogP contribution in [0.1, 0.15) is 63.4 Å². The second-order valence-corrected chi connectivity index (χ2v) is 7.80. The van der Waals surface area contributed by atoms with Gasteiger partial charge in [0.25, 0.3) is 5.78 Å². The molecule has 0 radical (unpaired) electrons. The van der Waals surface area contributed by atoms with Gasteiger partial charge in [0.05, 0.1) is 5.69 Å². The fourth-order valence-electron chi connectivity index (χ4n) is 4.34. The van der Waals surface area contributed by atoms with Crippen molar-refractivity contribution in [2.45, 2.75) is 59.9 Å². The van der Waals surface area contributed by atoms with Crippen molar-refractivity contribution in [3.8, 4) is 11.1 Å². The maximum absolute atomic E-state index is 4.49. The molecule has 174 valence electrons. The Hall–Kier alpha value is -3.12. The van der Waals surface area contributed by atoms with Crippen LogP contribution in [0.4, 0.5) is 0 Å². The van der Waals surface area contributed by atoms with Gasteiger partial charge in [0.1, 0.15) is 6.33 Å². The summed E-state index contributed by atoms with van der Waals surface area (Å²) in [6.45, 7) is 13.1. The Morgan fingerprint density at radius 2 is 1.76 bits per heavy atom. The zero-order valence-corrected chi connectivity index (χ0v) is 20.6. The Labute approximate surface area is 197 Å². The third kappa shape index (κ3) is 6.02. The highest BCUT2D eigenvalue weighted by Gasteiger charge is 2.24. The Morgan fingerprint density at radius 1 is 0.970 bits per heavy atom. The first-order valence-electron chi connectivity index (χ1n) is 12.2. The second kappa shape index (κ2) is 12.2. The number of aryl methyl sites for hydroxylation is 1. The molecule has 4 aromatic rings. The van der Waals surface area contributed by atoms with E-state index in [0.29, 0.717) is 11.7 Å². The van der Waals surface area contributed by atoms with Gasteiger partial charge in [-0.15, -0.1) is 0 Å². The minimum absolute atomic E-state index is 0.443. The standard InChI is InChI=1S/C23H24N6.2C2H6/c1-17-12-22(29-23(27-17)25-16-26-29)21-6-3-11-28(15-21)14-18-4-2-5-20(13-18)19-7-9-24-10-8-19;2*1-2/h2,4-5,7-10,12-13,16,21H,3,6,11,14-15H2,1H3;2*1-2H3. The molecule has 1 unspecified atom stereocenters. The van der Waals surface area contributed by atoms with E-state index in [1.165, 1.54) is 35.2 Å². The number of hydrogen-bond acceptors (Lipinski definition) is 5. The fraction of sp³-hybridized carbons (Fsp3) is 0.407. The van der Waals surface area contributed by atoms with Crippen molar-refractivity contribution in [2.75, 3.05) is 13.1 Å². The van der Waals surface area contributed by atoms with Gasteiger partial charge in [-0.3, -0.25) is 9.88 Å². The summed E-state index contributed by atoms with van der Waals surface area (Å²) >= 11 is 0. The summed E-state index contributed by atoms with van der Waals surface area (Å²) < 4.78 is 1.91. The third-order valence-corrected chi connectivity index (χ3v) is 5.68. The summed E-state index contributed by atoms with van der Waals surface area (Å²) in [7, 11) is 0. The molecule has 0 aliphatic carbocycles. The quantitative estimate of drug-likeness (QED) is 0.391.